The van der Waals surface area contributed by atoms with Crippen LogP contribution in [0.5, 0.6) is 0 Å². The number of hydrogen-bond donors (Lipinski definition) is 2. The summed E-state index contributed by atoms with van der Waals surface area (Å²) in [7, 11) is 0. The van der Waals surface area contributed by atoms with Crippen LogP contribution >= 0.6 is 11.3 Å². The number of aliphatic carboxylic acids is 1. The zero-order chi connectivity index (χ0) is 11.7. The van der Waals surface area contributed by atoms with Crippen LogP contribution in [0.2, 0.25) is 0 Å². The van der Waals surface area contributed by atoms with Crippen LogP contribution < -0.4 is 5.32 Å². The highest BCUT2D eigenvalue weighted by atomic mass is 32.1. The fraction of sp³-hybridized carbons (Fsp3) is 0.636. The molecule has 0 aromatic carbocycles. The molecular formula is C11H16N2O2S. The van der Waals surface area contributed by atoms with Crippen molar-refractivity contribution in [1.29, 1.82) is 0 Å². The highest BCUT2D eigenvalue weighted by Crippen LogP contribution is 2.34. The number of thiazole rings is 1. The summed E-state index contributed by atoms with van der Waals surface area (Å²) in [5, 5.41) is 13.2. The number of aryl methyl sites for hydroxylation is 1. The second kappa shape index (κ2) is 4.51. The molecule has 1 aromatic rings. The van der Waals surface area contributed by atoms with E-state index in [4.69, 9.17) is 5.11 Å². The van der Waals surface area contributed by atoms with Crippen molar-refractivity contribution in [2.24, 2.45) is 5.92 Å². The molecule has 1 aliphatic carbocycles. The molecule has 1 saturated carbocycles. The van der Waals surface area contributed by atoms with E-state index >= 15 is 0 Å². The number of carboxylic acid groups (broad SMARTS) is 1. The molecule has 0 amide bonds. The van der Waals surface area contributed by atoms with Gasteiger partial charge in [-0.15, -0.1) is 11.3 Å². The van der Waals surface area contributed by atoms with E-state index in [1.165, 1.54) is 0 Å². The van der Waals surface area contributed by atoms with Crippen LogP contribution in [0.4, 0.5) is 0 Å². The maximum absolute atomic E-state index is 11.1. The third kappa shape index (κ3) is 2.59. The first-order chi connectivity index (χ1) is 7.58. The van der Waals surface area contributed by atoms with E-state index in [9.17, 15) is 4.79 Å². The molecule has 0 spiro atoms. The normalized spacial score (nSPS) is 19.4. The van der Waals surface area contributed by atoms with Gasteiger partial charge in [0.05, 0.1) is 6.04 Å². The van der Waals surface area contributed by atoms with E-state index < -0.39 is 12.0 Å². The summed E-state index contributed by atoms with van der Waals surface area (Å²) in [5.74, 6) is -0.441. The lowest BCUT2D eigenvalue weighted by Crippen LogP contribution is -2.39. The van der Waals surface area contributed by atoms with E-state index in [1.54, 1.807) is 11.3 Å². The Labute approximate surface area is 98.7 Å². The van der Waals surface area contributed by atoms with Crippen molar-refractivity contribution in [3.8, 4) is 0 Å². The van der Waals surface area contributed by atoms with Crippen LogP contribution in [0.25, 0.3) is 0 Å². The average Bonchev–Trinajstić information content (AvgIpc) is 2.96. The van der Waals surface area contributed by atoms with Gasteiger partial charge in [-0.25, -0.2) is 4.98 Å². The third-order valence-electron chi connectivity index (χ3n) is 2.80. The smallest absolute Gasteiger partial charge is 0.321 e. The number of nitrogens with zero attached hydrogens (tertiary/aromatic N) is 1. The van der Waals surface area contributed by atoms with E-state index in [0.717, 1.165) is 22.7 Å². The van der Waals surface area contributed by atoms with Crippen molar-refractivity contribution in [3.63, 3.8) is 0 Å². The molecule has 4 nitrogen and oxygen atoms in total. The third-order valence-corrected chi connectivity index (χ3v) is 3.89. The number of nitrogens with one attached hydrogen (secondary N) is 1. The first-order valence-corrected chi connectivity index (χ1v) is 6.30. The summed E-state index contributed by atoms with van der Waals surface area (Å²) in [5.41, 5.74) is 0. The minimum atomic E-state index is -0.748. The van der Waals surface area contributed by atoms with E-state index in [2.05, 4.69) is 10.3 Å². The highest BCUT2D eigenvalue weighted by molar-refractivity contribution is 7.11. The molecule has 2 rings (SSSR count). The summed E-state index contributed by atoms with van der Waals surface area (Å²) < 4.78 is 0. The predicted octanol–water partition coefficient (Wildman–Crippen LogP) is 1.97. The summed E-state index contributed by atoms with van der Waals surface area (Å²) >= 11 is 1.62. The largest absolute Gasteiger partial charge is 0.480 e. The molecule has 0 aliphatic heterocycles. The van der Waals surface area contributed by atoms with Gasteiger partial charge in [0.1, 0.15) is 11.0 Å². The molecule has 0 radical (unpaired) electrons. The number of carboxylic acids is 1. The van der Waals surface area contributed by atoms with Gasteiger partial charge in [0, 0.05) is 11.1 Å². The fourth-order valence-electron chi connectivity index (χ4n) is 1.75. The van der Waals surface area contributed by atoms with E-state index in [0.29, 0.717) is 5.92 Å². The minimum absolute atomic E-state index is 0.0143. The Morgan fingerprint density at radius 2 is 2.38 bits per heavy atom. The molecule has 1 aromatic heterocycles. The van der Waals surface area contributed by atoms with Crippen molar-refractivity contribution in [2.45, 2.75) is 38.8 Å². The zero-order valence-corrected chi connectivity index (χ0v) is 10.3. The van der Waals surface area contributed by atoms with Gasteiger partial charge in [0.25, 0.3) is 0 Å². The summed E-state index contributed by atoms with van der Waals surface area (Å²) in [6.07, 6.45) is 3.87. The molecule has 0 saturated heterocycles. The molecule has 1 fully saturated rings. The first kappa shape index (κ1) is 11.5. The molecule has 1 aliphatic rings. The van der Waals surface area contributed by atoms with Gasteiger partial charge in [-0.1, -0.05) is 0 Å². The number of rotatable bonds is 5. The van der Waals surface area contributed by atoms with Crippen molar-refractivity contribution < 1.29 is 9.90 Å². The monoisotopic (exact) mass is 240 g/mol. The standard InChI is InChI=1S/C11H16N2O2S/c1-6-5-12-10(16-6)7(2)13-9(11(14)15)8-3-4-8/h5,7-9,13H,3-4H2,1-2H3,(H,14,15). The zero-order valence-electron chi connectivity index (χ0n) is 9.43. The van der Waals surface area contributed by atoms with Gasteiger partial charge in [0.2, 0.25) is 0 Å². The van der Waals surface area contributed by atoms with Gasteiger partial charge in [-0.2, -0.15) is 0 Å². The highest BCUT2D eigenvalue weighted by Gasteiger charge is 2.37. The van der Waals surface area contributed by atoms with Gasteiger partial charge in [0.15, 0.2) is 0 Å². The Morgan fingerprint density at radius 1 is 1.69 bits per heavy atom. The van der Waals surface area contributed by atoms with E-state index in [-0.39, 0.29) is 6.04 Å². The topological polar surface area (TPSA) is 62.2 Å². The number of carbonyl (C=O) groups is 1. The van der Waals surface area contributed by atoms with Crippen LogP contribution in [0.1, 0.15) is 35.7 Å². The Morgan fingerprint density at radius 3 is 2.81 bits per heavy atom. The summed E-state index contributed by atoms with van der Waals surface area (Å²) in [6.45, 7) is 3.97. The van der Waals surface area contributed by atoms with Gasteiger partial charge < -0.3 is 5.11 Å². The number of hydrogen-bond acceptors (Lipinski definition) is 4. The van der Waals surface area contributed by atoms with Gasteiger partial charge >= 0.3 is 5.97 Å². The molecular weight excluding hydrogens is 224 g/mol. The lowest BCUT2D eigenvalue weighted by atomic mass is 10.1. The van der Waals surface area contributed by atoms with Crippen LogP contribution in [0.3, 0.4) is 0 Å². The van der Waals surface area contributed by atoms with Crippen LogP contribution in [0.15, 0.2) is 6.20 Å². The van der Waals surface area contributed by atoms with Crippen molar-refractivity contribution >= 4 is 17.3 Å². The minimum Gasteiger partial charge on any atom is -0.480 e. The lowest BCUT2D eigenvalue weighted by Gasteiger charge is -2.18. The maximum atomic E-state index is 11.1. The average molecular weight is 240 g/mol. The molecule has 88 valence electrons. The Balaban J connectivity index is 1.99. The Bertz CT molecular complexity index is 387. The maximum Gasteiger partial charge on any atom is 0.321 e. The molecule has 16 heavy (non-hydrogen) atoms. The second-order valence-electron chi connectivity index (χ2n) is 4.35. The van der Waals surface area contributed by atoms with Crippen molar-refractivity contribution in [1.82, 2.24) is 10.3 Å². The van der Waals surface area contributed by atoms with Crippen LogP contribution in [-0.4, -0.2) is 22.1 Å². The molecule has 1 heterocycles. The van der Waals surface area contributed by atoms with Gasteiger partial charge in [-0.05, 0) is 32.6 Å². The van der Waals surface area contributed by atoms with E-state index in [1.807, 2.05) is 20.0 Å². The number of aromatic nitrogens is 1. The molecule has 2 unspecified atom stereocenters. The van der Waals surface area contributed by atoms with Gasteiger partial charge in [-0.3, -0.25) is 10.1 Å². The lowest BCUT2D eigenvalue weighted by molar-refractivity contribution is -0.140. The molecule has 0 bridgehead atoms. The SMILES string of the molecule is Cc1cnc(C(C)NC(C(=O)O)C2CC2)s1. The second-order valence-corrected chi connectivity index (χ2v) is 5.62. The Kier molecular flexibility index (Phi) is 3.25. The van der Waals surface area contributed by atoms with Crippen LogP contribution in [0, 0.1) is 12.8 Å². The summed E-state index contributed by atoms with van der Waals surface area (Å²) in [4.78, 5) is 16.5. The first-order valence-electron chi connectivity index (χ1n) is 5.49. The Hall–Kier alpha value is -0.940. The quantitative estimate of drug-likeness (QED) is 0.826. The fourth-order valence-corrected chi connectivity index (χ4v) is 2.54. The summed E-state index contributed by atoms with van der Waals surface area (Å²) in [6, 6.07) is -0.403. The van der Waals surface area contributed by atoms with Crippen molar-refractivity contribution in [2.75, 3.05) is 0 Å². The predicted molar refractivity (Wildman–Crippen MR) is 62.5 cm³/mol. The molecule has 5 heteroatoms. The molecule has 2 atom stereocenters. The molecule has 2 N–H and O–H groups in total. The van der Waals surface area contributed by atoms with Crippen molar-refractivity contribution in [3.05, 3.63) is 16.1 Å². The van der Waals surface area contributed by atoms with Crippen LogP contribution in [-0.2, 0) is 4.79 Å².